The predicted octanol–water partition coefficient (Wildman–Crippen LogP) is 4.85. The molecule has 1 N–H and O–H groups in total. The third-order valence-electron chi connectivity index (χ3n) is 5.98. The number of aromatic nitrogens is 2. The number of pyridine rings is 1. The van der Waals surface area contributed by atoms with Crippen LogP contribution in [0.15, 0.2) is 36.5 Å². The smallest absolute Gasteiger partial charge is 0.176 e. The first-order chi connectivity index (χ1) is 14.1. The zero-order valence-electron chi connectivity index (χ0n) is 15.2. The molecule has 0 saturated carbocycles. The van der Waals surface area contributed by atoms with Gasteiger partial charge in [-0.1, -0.05) is 35.9 Å². The molecule has 0 radical (unpaired) electrons. The Morgan fingerprint density at radius 2 is 1.97 bits per heavy atom. The molecular formula is C21H15ClF2N4S. The fourth-order valence-electron chi connectivity index (χ4n) is 4.39. The molecule has 2 aliphatic rings. The predicted molar refractivity (Wildman–Crippen MR) is 113 cm³/mol. The van der Waals surface area contributed by atoms with Gasteiger partial charge in [-0.15, -0.1) is 0 Å². The van der Waals surface area contributed by atoms with Gasteiger partial charge in [-0.2, -0.15) is 4.37 Å². The summed E-state index contributed by atoms with van der Waals surface area (Å²) in [4.78, 5) is 6.66. The van der Waals surface area contributed by atoms with Crippen molar-refractivity contribution in [2.45, 2.75) is 0 Å². The Morgan fingerprint density at radius 3 is 2.72 bits per heavy atom. The highest BCUT2D eigenvalue weighted by Crippen LogP contribution is 2.44. The Morgan fingerprint density at radius 1 is 1.14 bits per heavy atom. The molecule has 2 aromatic carbocycles. The topological polar surface area (TPSA) is 41.1 Å². The quantitative estimate of drug-likeness (QED) is 0.495. The second-order valence-corrected chi connectivity index (χ2v) is 9.03. The van der Waals surface area contributed by atoms with Crippen molar-refractivity contribution in [1.29, 1.82) is 0 Å². The maximum absolute atomic E-state index is 15.5. The molecule has 2 aromatic heterocycles. The maximum Gasteiger partial charge on any atom is 0.176 e. The fraction of sp³-hybridized carbons (Fsp3) is 0.238. The zero-order chi connectivity index (χ0) is 19.8. The van der Waals surface area contributed by atoms with Crippen molar-refractivity contribution < 1.29 is 8.78 Å². The molecule has 146 valence electrons. The molecule has 0 atom stereocenters. The second kappa shape index (κ2) is 6.08. The minimum Gasteiger partial charge on any atom is -0.360 e. The van der Waals surface area contributed by atoms with E-state index in [1.165, 1.54) is 17.6 Å². The molecule has 6 rings (SSSR count). The molecule has 2 aliphatic heterocycles. The molecule has 8 heteroatoms. The first kappa shape index (κ1) is 17.5. The highest BCUT2D eigenvalue weighted by Gasteiger charge is 2.48. The molecule has 2 fully saturated rings. The van der Waals surface area contributed by atoms with Crippen molar-refractivity contribution in [3.05, 3.63) is 53.2 Å². The van der Waals surface area contributed by atoms with Crippen LogP contribution in [0.5, 0.6) is 0 Å². The third kappa shape index (κ3) is 2.44. The Labute approximate surface area is 174 Å². The van der Waals surface area contributed by atoms with E-state index in [0.29, 0.717) is 21.9 Å². The van der Waals surface area contributed by atoms with E-state index in [4.69, 9.17) is 11.6 Å². The van der Waals surface area contributed by atoms with Crippen LogP contribution in [0, 0.1) is 17.0 Å². The van der Waals surface area contributed by atoms with E-state index in [2.05, 4.69) is 19.6 Å². The summed E-state index contributed by atoms with van der Waals surface area (Å²) in [5, 5.41) is 6.15. The van der Waals surface area contributed by atoms with Crippen molar-refractivity contribution in [3.63, 3.8) is 0 Å². The van der Waals surface area contributed by atoms with E-state index in [-0.39, 0.29) is 10.7 Å². The van der Waals surface area contributed by atoms with Gasteiger partial charge >= 0.3 is 0 Å². The third-order valence-corrected chi connectivity index (χ3v) is 7.27. The maximum atomic E-state index is 15.5. The molecule has 29 heavy (non-hydrogen) atoms. The zero-order valence-corrected chi connectivity index (χ0v) is 16.7. The number of anilines is 1. The van der Waals surface area contributed by atoms with Gasteiger partial charge in [0.15, 0.2) is 5.82 Å². The van der Waals surface area contributed by atoms with Gasteiger partial charge in [0.2, 0.25) is 0 Å². The van der Waals surface area contributed by atoms with Crippen molar-refractivity contribution in [3.8, 4) is 11.3 Å². The van der Waals surface area contributed by atoms with Crippen LogP contribution in [-0.2, 0) is 0 Å². The number of nitrogens with zero attached hydrogens (tertiary/aromatic N) is 3. The summed E-state index contributed by atoms with van der Waals surface area (Å²) in [6.07, 6.45) is 1.67. The van der Waals surface area contributed by atoms with Crippen LogP contribution in [-0.4, -0.2) is 35.5 Å². The van der Waals surface area contributed by atoms with Crippen molar-refractivity contribution in [2.24, 2.45) is 5.41 Å². The molecule has 4 nitrogen and oxygen atoms in total. The van der Waals surface area contributed by atoms with E-state index in [0.717, 1.165) is 42.0 Å². The Balaban J connectivity index is 1.48. The van der Waals surface area contributed by atoms with Crippen LogP contribution >= 0.6 is 23.1 Å². The first-order valence-corrected chi connectivity index (χ1v) is 10.5. The molecule has 1 spiro atoms. The lowest BCUT2D eigenvalue weighted by Gasteiger charge is -2.56. The summed E-state index contributed by atoms with van der Waals surface area (Å²) in [6, 6.07) is 8.26. The first-order valence-electron chi connectivity index (χ1n) is 9.33. The second-order valence-electron chi connectivity index (χ2n) is 7.90. The number of hydrogen-bond donors (Lipinski definition) is 1. The van der Waals surface area contributed by atoms with Gasteiger partial charge in [0, 0.05) is 48.7 Å². The lowest BCUT2D eigenvalue weighted by molar-refractivity contribution is 0.122. The Kier molecular flexibility index (Phi) is 3.67. The normalized spacial score (nSPS) is 17.7. The van der Waals surface area contributed by atoms with Crippen molar-refractivity contribution >= 4 is 49.8 Å². The molecule has 0 bridgehead atoms. The highest BCUT2D eigenvalue weighted by molar-refractivity contribution is 7.11. The average molecular weight is 429 g/mol. The molecule has 0 aliphatic carbocycles. The molecule has 4 aromatic rings. The van der Waals surface area contributed by atoms with Gasteiger partial charge in [0.1, 0.15) is 22.0 Å². The van der Waals surface area contributed by atoms with Gasteiger partial charge in [0.05, 0.1) is 10.4 Å². The number of hydrogen-bond acceptors (Lipinski definition) is 5. The standard InChI is InChI=1S/C21H15ClF2N4S/c22-16-14(23)5-4-11-2-1-3-12(15(11)16)18-17(24)19-13(6-26-18)20(29-27-19)28-9-21(10-28)7-25-8-21/h1-6,25H,7-10H2. The SMILES string of the molecule is Fc1ccc2cccc(-c3ncc4c(N5CC6(CNC6)C5)snc4c3F)c2c1Cl. The molecule has 0 unspecified atom stereocenters. The van der Waals surface area contributed by atoms with E-state index in [9.17, 15) is 4.39 Å². The molecule has 0 amide bonds. The fourth-order valence-corrected chi connectivity index (χ4v) is 5.52. The van der Waals surface area contributed by atoms with Crippen molar-refractivity contribution in [1.82, 2.24) is 14.7 Å². The molecule has 2 saturated heterocycles. The number of rotatable bonds is 2. The monoisotopic (exact) mass is 428 g/mol. The van der Waals surface area contributed by atoms with Crippen LogP contribution < -0.4 is 10.2 Å². The summed E-state index contributed by atoms with van der Waals surface area (Å²) in [5.74, 6) is -1.04. The summed E-state index contributed by atoms with van der Waals surface area (Å²) >= 11 is 7.52. The molecular weight excluding hydrogens is 414 g/mol. The van der Waals surface area contributed by atoms with E-state index in [1.807, 2.05) is 6.07 Å². The van der Waals surface area contributed by atoms with E-state index >= 15 is 4.39 Å². The summed E-state index contributed by atoms with van der Waals surface area (Å²) in [6.45, 7) is 3.99. The average Bonchev–Trinajstić information content (AvgIpc) is 3.07. The largest absolute Gasteiger partial charge is 0.360 e. The minimum atomic E-state index is -0.541. The lowest BCUT2D eigenvalue weighted by Crippen LogP contribution is -2.71. The van der Waals surface area contributed by atoms with E-state index in [1.54, 1.807) is 24.4 Å². The molecule has 4 heterocycles. The Hall–Kier alpha value is -2.35. The lowest BCUT2D eigenvalue weighted by atomic mass is 9.74. The van der Waals surface area contributed by atoms with Gasteiger partial charge in [-0.3, -0.25) is 4.98 Å². The van der Waals surface area contributed by atoms with Crippen LogP contribution in [0.25, 0.3) is 32.9 Å². The van der Waals surface area contributed by atoms with Crippen LogP contribution in [0.1, 0.15) is 0 Å². The summed E-state index contributed by atoms with van der Waals surface area (Å²) in [7, 11) is 0. The highest BCUT2D eigenvalue weighted by atomic mass is 35.5. The summed E-state index contributed by atoms with van der Waals surface area (Å²) < 4.78 is 33.9. The van der Waals surface area contributed by atoms with Gasteiger partial charge < -0.3 is 10.2 Å². The van der Waals surface area contributed by atoms with Crippen LogP contribution in [0.2, 0.25) is 5.02 Å². The number of nitrogens with one attached hydrogen (secondary N) is 1. The van der Waals surface area contributed by atoms with Crippen LogP contribution in [0.3, 0.4) is 0 Å². The summed E-state index contributed by atoms with van der Waals surface area (Å²) in [5.41, 5.74) is 1.26. The van der Waals surface area contributed by atoms with Crippen molar-refractivity contribution in [2.75, 3.05) is 31.1 Å². The number of benzene rings is 2. The van der Waals surface area contributed by atoms with Gasteiger partial charge in [-0.05, 0) is 23.0 Å². The van der Waals surface area contributed by atoms with E-state index < -0.39 is 11.6 Å². The van der Waals surface area contributed by atoms with Gasteiger partial charge in [-0.25, -0.2) is 8.78 Å². The number of halogens is 3. The van der Waals surface area contributed by atoms with Gasteiger partial charge in [0.25, 0.3) is 0 Å². The Bertz CT molecular complexity index is 1290. The van der Waals surface area contributed by atoms with Crippen LogP contribution in [0.4, 0.5) is 13.8 Å². The minimum absolute atomic E-state index is 0.0293. The number of fused-ring (bicyclic) bond motifs is 2.